The summed E-state index contributed by atoms with van der Waals surface area (Å²) in [6.07, 6.45) is 4.28. The van der Waals surface area contributed by atoms with E-state index < -0.39 is 0 Å². The molecule has 0 aliphatic carbocycles. The minimum atomic E-state index is -0.219. The third-order valence-corrected chi connectivity index (χ3v) is 3.47. The zero-order valence-electron chi connectivity index (χ0n) is 11.1. The molecule has 1 aliphatic heterocycles. The van der Waals surface area contributed by atoms with Crippen LogP contribution in [-0.4, -0.2) is 37.0 Å². The minimum absolute atomic E-state index is 0.0741. The van der Waals surface area contributed by atoms with Crippen LogP contribution in [0.25, 0.3) is 0 Å². The molecule has 2 rings (SSSR count). The Morgan fingerprint density at radius 2 is 2.37 bits per heavy atom. The Labute approximate surface area is 112 Å². The third kappa shape index (κ3) is 3.59. The zero-order valence-corrected chi connectivity index (χ0v) is 11.1. The average molecular weight is 265 g/mol. The van der Waals surface area contributed by atoms with Crippen molar-refractivity contribution in [2.75, 3.05) is 20.2 Å². The SMILES string of the molecule is COC(=O)[C@H]1CCCN(C(=O)CCc2ccco2)C1. The van der Waals surface area contributed by atoms with Gasteiger partial charge >= 0.3 is 5.97 Å². The maximum absolute atomic E-state index is 12.1. The number of likely N-dealkylation sites (tertiary alicyclic amines) is 1. The third-order valence-electron chi connectivity index (χ3n) is 3.47. The van der Waals surface area contributed by atoms with Gasteiger partial charge in [-0.15, -0.1) is 0 Å². The number of piperidine rings is 1. The Balaban J connectivity index is 1.83. The molecule has 2 heterocycles. The van der Waals surface area contributed by atoms with Crippen molar-refractivity contribution < 1.29 is 18.7 Å². The van der Waals surface area contributed by atoms with Crippen LogP contribution in [0.4, 0.5) is 0 Å². The molecule has 0 spiro atoms. The molecule has 1 atom stereocenters. The van der Waals surface area contributed by atoms with Gasteiger partial charge in [0.05, 0.1) is 19.3 Å². The number of aryl methyl sites for hydroxylation is 1. The summed E-state index contributed by atoms with van der Waals surface area (Å²) in [5.41, 5.74) is 0. The largest absolute Gasteiger partial charge is 0.469 e. The molecule has 1 aromatic rings. The lowest BCUT2D eigenvalue weighted by atomic mass is 9.98. The summed E-state index contributed by atoms with van der Waals surface area (Å²) in [4.78, 5) is 25.3. The maximum atomic E-state index is 12.1. The number of furan rings is 1. The van der Waals surface area contributed by atoms with Crippen LogP contribution in [0.15, 0.2) is 22.8 Å². The number of esters is 1. The summed E-state index contributed by atoms with van der Waals surface area (Å²) in [6, 6.07) is 3.68. The first-order valence-electron chi connectivity index (χ1n) is 6.58. The minimum Gasteiger partial charge on any atom is -0.469 e. The molecule has 0 N–H and O–H groups in total. The van der Waals surface area contributed by atoms with Gasteiger partial charge in [-0.1, -0.05) is 0 Å². The van der Waals surface area contributed by atoms with Crippen LogP contribution >= 0.6 is 0 Å². The topological polar surface area (TPSA) is 59.8 Å². The predicted octanol–water partition coefficient (Wildman–Crippen LogP) is 1.62. The van der Waals surface area contributed by atoms with E-state index in [1.165, 1.54) is 7.11 Å². The monoisotopic (exact) mass is 265 g/mol. The first-order chi connectivity index (χ1) is 9.20. The molecule has 104 valence electrons. The Bertz CT molecular complexity index is 427. The molecule has 5 heteroatoms. The molecule has 5 nitrogen and oxygen atoms in total. The summed E-state index contributed by atoms with van der Waals surface area (Å²) in [5, 5.41) is 0. The smallest absolute Gasteiger partial charge is 0.310 e. The van der Waals surface area contributed by atoms with Crippen molar-refractivity contribution in [2.45, 2.75) is 25.7 Å². The van der Waals surface area contributed by atoms with Crippen molar-refractivity contribution in [2.24, 2.45) is 5.92 Å². The fourth-order valence-electron chi connectivity index (χ4n) is 2.41. The van der Waals surface area contributed by atoms with E-state index >= 15 is 0 Å². The molecule has 1 saturated heterocycles. The molecule has 0 bridgehead atoms. The van der Waals surface area contributed by atoms with Gasteiger partial charge in [-0.3, -0.25) is 9.59 Å². The van der Waals surface area contributed by atoms with Crippen molar-refractivity contribution in [3.05, 3.63) is 24.2 Å². The van der Waals surface area contributed by atoms with Gasteiger partial charge in [0.15, 0.2) is 0 Å². The van der Waals surface area contributed by atoms with E-state index in [4.69, 9.17) is 9.15 Å². The Morgan fingerprint density at radius 3 is 3.05 bits per heavy atom. The fraction of sp³-hybridized carbons (Fsp3) is 0.571. The summed E-state index contributed by atoms with van der Waals surface area (Å²) >= 11 is 0. The van der Waals surface area contributed by atoms with Crippen LogP contribution in [0.5, 0.6) is 0 Å². The average Bonchev–Trinajstić information content (AvgIpc) is 2.97. The second kappa shape index (κ2) is 6.41. The van der Waals surface area contributed by atoms with Crippen molar-refractivity contribution in [3.8, 4) is 0 Å². The van der Waals surface area contributed by atoms with Crippen molar-refractivity contribution in [1.82, 2.24) is 4.90 Å². The highest BCUT2D eigenvalue weighted by molar-refractivity contribution is 5.78. The molecule has 1 fully saturated rings. The van der Waals surface area contributed by atoms with Crippen molar-refractivity contribution >= 4 is 11.9 Å². The van der Waals surface area contributed by atoms with Crippen LogP contribution in [0.1, 0.15) is 25.0 Å². The molecule has 0 aromatic carbocycles. The Kier molecular flexibility index (Phi) is 4.60. The number of hydrogen-bond acceptors (Lipinski definition) is 4. The van der Waals surface area contributed by atoms with Gasteiger partial charge < -0.3 is 14.1 Å². The highest BCUT2D eigenvalue weighted by Crippen LogP contribution is 2.18. The normalized spacial score (nSPS) is 19.2. The molecule has 19 heavy (non-hydrogen) atoms. The summed E-state index contributed by atoms with van der Waals surface area (Å²) < 4.78 is 9.95. The van der Waals surface area contributed by atoms with Gasteiger partial charge in [0.1, 0.15) is 5.76 Å². The molecule has 1 aliphatic rings. The summed E-state index contributed by atoms with van der Waals surface area (Å²) in [6.45, 7) is 1.20. The molecular formula is C14H19NO4. The van der Waals surface area contributed by atoms with Gasteiger partial charge in [0.25, 0.3) is 0 Å². The van der Waals surface area contributed by atoms with Gasteiger partial charge in [0, 0.05) is 25.9 Å². The van der Waals surface area contributed by atoms with Gasteiger partial charge in [0.2, 0.25) is 5.91 Å². The highest BCUT2D eigenvalue weighted by Gasteiger charge is 2.28. The van der Waals surface area contributed by atoms with Crippen LogP contribution < -0.4 is 0 Å². The number of rotatable bonds is 4. The molecule has 1 aromatic heterocycles. The molecule has 0 unspecified atom stereocenters. The van der Waals surface area contributed by atoms with Crippen LogP contribution in [-0.2, 0) is 20.7 Å². The second-order valence-corrected chi connectivity index (χ2v) is 4.78. The first-order valence-corrected chi connectivity index (χ1v) is 6.58. The molecule has 0 radical (unpaired) electrons. The van der Waals surface area contributed by atoms with E-state index in [0.717, 1.165) is 25.1 Å². The maximum Gasteiger partial charge on any atom is 0.310 e. The highest BCUT2D eigenvalue weighted by atomic mass is 16.5. The van der Waals surface area contributed by atoms with E-state index in [-0.39, 0.29) is 17.8 Å². The fourth-order valence-corrected chi connectivity index (χ4v) is 2.41. The second-order valence-electron chi connectivity index (χ2n) is 4.78. The van der Waals surface area contributed by atoms with Crippen LogP contribution in [0.3, 0.4) is 0 Å². The molecule has 0 saturated carbocycles. The number of methoxy groups -OCH3 is 1. The standard InChI is InChI=1S/C14H19NO4/c1-18-14(17)11-4-2-8-15(10-11)13(16)7-6-12-5-3-9-19-12/h3,5,9,11H,2,4,6-8,10H2,1H3/t11-/m0/s1. The lowest BCUT2D eigenvalue weighted by Crippen LogP contribution is -2.42. The lowest BCUT2D eigenvalue weighted by molar-refractivity contribution is -0.149. The quantitative estimate of drug-likeness (QED) is 0.776. The van der Waals surface area contributed by atoms with Crippen LogP contribution in [0.2, 0.25) is 0 Å². The predicted molar refractivity (Wildman–Crippen MR) is 68.3 cm³/mol. The lowest BCUT2D eigenvalue weighted by Gasteiger charge is -2.31. The number of carbonyl (C=O) groups is 2. The summed E-state index contributed by atoms with van der Waals surface area (Å²) in [5.74, 6) is 0.495. The molecular weight excluding hydrogens is 246 g/mol. The number of carbonyl (C=O) groups excluding carboxylic acids is 2. The van der Waals surface area contributed by atoms with Gasteiger partial charge in [-0.05, 0) is 25.0 Å². The van der Waals surface area contributed by atoms with E-state index in [9.17, 15) is 9.59 Å². The zero-order chi connectivity index (χ0) is 13.7. The number of ether oxygens (including phenoxy) is 1. The number of nitrogens with zero attached hydrogens (tertiary/aromatic N) is 1. The number of amides is 1. The van der Waals surface area contributed by atoms with Crippen molar-refractivity contribution in [1.29, 1.82) is 0 Å². The van der Waals surface area contributed by atoms with Gasteiger partial charge in [-0.25, -0.2) is 0 Å². The van der Waals surface area contributed by atoms with E-state index in [1.54, 1.807) is 11.2 Å². The van der Waals surface area contributed by atoms with Crippen molar-refractivity contribution in [3.63, 3.8) is 0 Å². The van der Waals surface area contributed by atoms with E-state index in [2.05, 4.69) is 0 Å². The molecule has 1 amide bonds. The Hall–Kier alpha value is -1.78. The summed E-state index contributed by atoms with van der Waals surface area (Å²) in [7, 11) is 1.39. The van der Waals surface area contributed by atoms with E-state index in [1.807, 2.05) is 12.1 Å². The van der Waals surface area contributed by atoms with Crippen LogP contribution in [0, 0.1) is 5.92 Å². The Morgan fingerprint density at radius 1 is 1.53 bits per heavy atom. The number of hydrogen-bond donors (Lipinski definition) is 0. The van der Waals surface area contributed by atoms with E-state index in [0.29, 0.717) is 19.4 Å². The first kappa shape index (κ1) is 13.6. The van der Waals surface area contributed by atoms with Gasteiger partial charge in [-0.2, -0.15) is 0 Å².